The molecule has 1 aromatic heterocycles. The van der Waals surface area contributed by atoms with Crippen molar-refractivity contribution in [3.8, 4) is 0 Å². The number of rotatable bonds is 7. The standard InChI is InChI=1S/C14H22N2O2/c1-11(2)13(17)7-10-16-14(18)4-3-12-5-8-15-9-6-12/h5-6,8-9,11,13,17H,3-4,7,10H2,1-2H3,(H,16,18). The van der Waals surface area contributed by atoms with Crippen LogP contribution in [0.2, 0.25) is 0 Å². The topological polar surface area (TPSA) is 62.2 Å². The van der Waals surface area contributed by atoms with Gasteiger partial charge in [0.2, 0.25) is 5.91 Å². The molecule has 2 N–H and O–H groups in total. The Kier molecular flexibility index (Phi) is 6.36. The van der Waals surface area contributed by atoms with Crippen LogP contribution in [0.1, 0.15) is 32.3 Å². The molecule has 0 aromatic carbocycles. The molecule has 0 aliphatic rings. The zero-order valence-electron chi connectivity index (χ0n) is 11.1. The van der Waals surface area contributed by atoms with Crippen molar-refractivity contribution in [3.05, 3.63) is 30.1 Å². The zero-order chi connectivity index (χ0) is 13.4. The van der Waals surface area contributed by atoms with E-state index >= 15 is 0 Å². The number of aryl methyl sites for hydroxylation is 1. The number of aromatic nitrogens is 1. The number of nitrogens with one attached hydrogen (secondary N) is 1. The molecule has 0 aliphatic heterocycles. The maximum Gasteiger partial charge on any atom is 0.220 e. The van der Waals surface area contributed by atoms with E-state index in [1.165, 1.54) is 0 Å². The summed E-state index contributed by atoms with van der Waals surface area (Å²) in [5.41, 5.74) is 1.11. The van der Waals surface area contributed by atoms with Crippen LogP contribution in [-0.2, 0) is 11.2 Å². The fourth-order valence-electron chi connectivity index (χ4n) is 1.59. The van der Waals surface area contributed by atoms with Crippen LogP contribution in [-0.4, -0.2) is 28.6 Å². The molecule has 4 heteroatoms. The molecule has 1 heterocycles. The number of carbonyl (C=O) groups is 1. The van der Waals surface area contributed by atoms with Gasteiger partial charge in [-0.15, -0.1) is 0 Å². The van der Waals surface area contributed by atoms with Crippen molar-refractivity contribution in [1.82, 2.24) is 10.3 Å². The molecule has 100 valence electrons. The van der Waals surface area contributed by atoms with Crippen molar-refractivity contribution in [2.45, 2.75) is 39.2 Å². The van der Waals surface area contributed by atoms with E-state index in [9.17, 15) is 9.90 Å². The Morgan fingerprint density at radius 3 is 2.67 bits per heavy atom. The van der Waals surface area contributed by atoms with Crippen molar-refractivity contribution >= 4 is 5.91 Å². The summed E-state index contributed by atoms with van der Waals surface area (Å²) >= 11 is 0. The second-order valence-electron chi connectivity index (χ2n) is 4.81. The Morgan fingerprint density at radius 1 is 1.39 bits per heavy atom. The third-order valence-electron chi connectivity index (χ3n) is 2.92. The monoisotopic (exact) mass is 250 g/mol. The maximum atomic E-state index is 11.6. The number of hydrogen-bond donors (Lipinski definition) is 2. The van der Waals surface area contributed by atoms with Crippen molar-refractivity contribution in [3.63, 3.8) is 0 Å². The summed E-state index contributed by atoms with van der Waals surface area (Å²) in [6.45, 7) is 4.47. The van der Waals surface area contributed by atoms with E-state index in [2.05, 4.69) is 10.3 Å². The van der Waals surface area contributed by atoms with Gasteiger partial charge < -0.3 is 10.4 Å². The summed E-state index contributed by atoms with van der Waals surface area (Å²) in [5, 5.41) is 12.4. The van der Waals surface area contributed by atoms with Gasteiger partial charge in [0.15, 0.2) is 0 Å². The first-order chi connectivity index (χ1) is 8.59. The lowest BCUT2D eigenvalue weighted by molar-refractivity contribution is -0.121. The molecule has 0 aliphatic carbocycles. The summed E-state index contributed by atoms with van der Waals surface area (Å²) in [7, 11) is 0. The van der Waals surface area contributed by atoms with Crippen molar-refractivity contribution < 1.29 is 9.90 Å². The summed E-state index contributed by atoms with van der Waals surface area (Å²) in [4.78, 5) is 15.5. The lowest BCUT2D eigenvalue weighted by Crippen LogP contribution is -2.28. The fourth-order valence-corrected chi connectivity index (χ4v) is 1.59. The minimum Gasteiger partial charge on any atom is -0.393 e. The van der Waals surface area contributed by atoms with E-state index in [4.69, 9.17) is 0 Å². The van der Waals surface area contributed by atoms with E-state index in [0.29, 0.717) is 19.4 Å². The number of nitrogens with zero attached hydrogens (tertiary/aromatic N) is 1. The minimum atomic E-state index is -0.342. The first-order valence-corrected chi connectivity index (χ1v) is 6.43. The lowest BCUT2D eigenvalue weighted by atomic mass is 10.0. The highest BCUT2D eigenvalue weighted by atomic mass is 16.3. The van der Waals surface area contributed by atoms with E-state index in [0.717, 1.165) is 12.0 Å². The van der Waals surface area contributed by atoms with Crippen LogP contribution in [0.25, 0.3) is 0 Å². The molecule has 4 nitrogen and oxygen atoms in total. The molecule has 1 amide bonds. The van der Waals surface area contributed by atoms with Crippen molar-refractivity contribution in [2.24, 2.45) is 5.92 Å². The molecule has 1 rings (SSSR count). The van der Waals surface area contributed by atoms with Gasteiger partial charge in [0, 0.05) is 25.4 Å². The van der Waals surface area contributed by atoms with Crippen LogP contribution in [0.15, 0.2) is 24.5 Å². The average molecular weight is 250 g/mol. The van der Waals surface area contributed by atoms with Crippen LogP contribution in [0, 0.1) is 5.92 Å². The number of hydrogen-bond acceptors (Lipinski definition) is 3. The van der Waals surface area contributed by atoms with E-state index in [-0.39, 0.29) is 17.9 Å². The Labute approximate surface area is 108 Å². The molecular weight excluding hydrogens is 228 g/mol. The molecule has 0 fully saturated rings. The highest BCUT2D eigenvalue weighted by Crippen LogP contribution is 2.04. The Balaban J connectivity index is 2.15. The van der Waals surface area contributed by atoms with Gasteiger partial charge in [-0.2, -0.15) is 0 Å². The molecule has 18 heavy (non-hydrogen) atoms. The number of amides is 1. The lowest BCUT2D eigenvalue weighted by Gasteiger charge is -2.14. The Bertz CT molecular complexity index is 352. The normalized spacial score (nSPS) is 12.4. The van der Waals surface area contributed by atoms with Crippen molar-refractivity contribution in [2.75, 3.05) is 6.54 Å². The Hall–Kier alpha value is -1.42. The summed E-state index contributed by atoms with van der Waals surface area (Å²) in [6.07, 6.45) is 4.92. The van der Waals surface area contributed by atoms with Crippen LogP contribution in [0.5, 0.6) is 0 Å². The Morgan fingerprint density at radius 2 is 2.06 bits per heavy atom. The van der Waals surface area contributed by atoms with Gasteiger partial charge in [0.25, 0.3) is 0 Å². The first-order valence-electron chi connectivity index (χ1n) is 6.43. The van der Waals surface area contributed by atoms with Gasteiger partial charge in [-0.1, -0.05) is 13.8 Å². The van der Waals surface area contributed by atoms with Crippen LogP contribution >= 0.6 is 0 Å². The quantitative estimate of drug-likeness (QED) is 0.771. The molecule has 0 spiro atoms. The summed E-state index contributed by atoms with van der Waals surface area (Å²) < 4.78 is 0. The predicted octanol–water partition coefficient (Wildman–Crippen LogP) is 1.54. The second-order valence-corrected chi connectivity index (χ2v) is 4.81. The molecular formula is C14H22N2O2. The van der Waals surface area contributed by atoms with Gasteiger partial charge in [-0.05, 0) is 36.5 Å². The number of aliphatic hydroxyl groups is 1. The third-order valence-corrected chi connectivity index (χ3v) is 2.92. The highest BCUT2D eigenvalue weighted by Gasteiger charge is 2.09. The molecule has 0 bridgehead atoms. The predicted molar refractivity (Wildman–Crippen MR) is 71.0 cm³/mol. The van der Waals surface area contributed by atoms with Crippen molar-refractivity contribution in [1.29, 1.82) is 0 Å². The van der Waals surface area contributed by atoms with Gasteiger partial charge >= 0.3 is 0 Å². The van der Waals surface area contributed by atoms with Gasteiger partial charge in [-0.3, -0.25) is 9.78 Å². The third kappa shape index (κ3) is 5.77. The van der Waals surface area contributed by atoms with Gasteiger partial charge in [-0.25, -0.2) is 0 Å². The largest absolute Gasteiger partial charge is 0.393 e. The average Bonchev–Trinajstić information content (AvgIpc) is 2.37. The maximum absolute atomic E-state index is 11.6. The van der Waals surface area contributed by atoms with Crippen LogP contribution < -0.4 is 5.32 Å². The molecule has 1 unspecified atom stereocenters. The fraction of sp³-hybridized carbons (Fsp3) is 0.571. The van der Waals surface area contributed by atoms with Gasteiger partial charge in [0.05, 0.1) is 6.10 Å². The number of aliphatic hydroxyl groups excluding tert-OH is 1. The van der Waals surface area contributed by atoms with Crippen LogP contribution in [0.3, 0.4) is 0 Å². The van der Waals surface area contributed by atoms with E-state index in [1.807, 2.05) is 26.0 Å². The number of pyridine rings is 1. The van der Waals surface area contributed by atoms with Gasteiger partial charge in [0.1, 0.15) is 0 Å². The highest BCUT2D eigenvalue weighted by molar-refractivity contribution is 5.76. The minimum absolute atomic E-state index is 0.0303. The smallest absolute Gasteiger partial charge is 0.220 e. The summed E-state index contributed by atoms with van der Waals surface area (Å²) in [5.74, 6) is 0.265. The molecule has 1 atom stereocenters. The molecule has 0 radical (unpaired) electrons. The SMILES string of the molecule is CC(C)C(O)CCNC(=O)CCc1ccncc1. The van der Waals surface area contributed by atoms with E-state index < -0.39 is 0 Å². The summed E-state index contributed by atoms with van der Waals surface area (Å²) in [6, 6.07) is 3.82. The molecule has 0 saturated carbocycles. The molecule has 1 aromatic rings. The molecule has 0 saturated heterocycles. The number of carbonyl (C=O) groups excluding carboxylic acids is 1. The van der Waals surface area contributed by atoms with E-state index in [1.54, 1.807) is 12.4 Å². The second kappa shape index (κ2) is 7.82. The zero-order valence-corrected chi connectivity index (χ0v) is 11.1. The first kappa shape index (κ1) is 14.6. The van der Waals surface area contributed by atoms with Crippen LogP contribution in [0.4, 0.5) is 0 Å².